The van der Waals surface area contributed by atoms with Gasteiger partial charge in [-0.05, 0) is 61.3 Å². The van der Waals surface area contributed by atoms with Crippen LogP contribution in [-0.4, -0.2) is 0 Å². The first kappa shape index (κ1) is 17.2. The molecule has 0 saturated heterocycles. The van der Waals surface area contributed by atoms with Crippen LogP contribution in [0.15, 0.2) is 109 Å². The van der Waals surface area contributed by atoms with Crippen molar-refractivity contribution in [3.05, 3.63) is 109 Å². The summed E-state index contributed by atoms with van der Waals surface area (Å²) in [6, 6.07) is 39.3. The molecule has 0 amide bonds. The van der Waals surface area contributed by atoms with Crippen LogP contribution in [0.2, 0.25) is 0 Å². The zero-order valence-electron chi connectivity index (χ0n) is 17.8. The van der Waals surface area contributed by atoms with Gasteiger partial charge in [-0.1, -0.05) is 91.0 Å². The zero-order valence-corrected chi connectivity index (χ0v) is 17.8. The molecule has 0 saturated carbocycles. The second-order valence-electron chi connectivity index (χ2n) is 8.94. The molecule has 0 aliphatic heterocycles. The molecule has 0 N–H and O–H groups in total. The second kappa shape index (κ2) is 6.11. The van der Waals surface area contributed by atoms with Crippen molar-refractivity contribution in [3.8, 4) is 11.5 Å². The fourth-order valence-electron chi connectivity index (χ4n) is 5.73. The van der Waals surface area contributed by atoms with E-state index in [2.05, 4.69) is 109 Å². The molecule has 0 radical (unpaired) electrons. The normalized spacial score (nSPS) is 12.2. The minimum atomic E-state index is 0.899. The van der Waals surface area contributed by atoms with Crippen molar-refractivity contribution in [2.75, 3.05) is 0 Å². The predicted octanol–water partition coefficient (Wildman–Crippen LogP) is 9.27. The summed E-state index contributed by atoms with van der Waals surface area (Å²) in [5, 5.41) is 15.0. The van der Waals surface area contributed by atoms with Crippen LogP contribution in [0, 0.1) is 0 Å². The maximum Gasteiger partial charge on any atom is 0.135 e. The number of hydrogen-bond acceptors (Lipinski definition) is 1. The molecule has 0 atom stereocenters. The van der Waals surface area contributed by atoms with E-state index >= 15 is 0 Å². The Morgan fingerprint density at radius 2 is 0.788 bits per heavy atom. The average molecular weight is 418 g/mol. The van der Waals surface area contributed by atoms with Gasteiger partial charge in [-0.25, -0.2) is 0 Å². The fourth-order valence-corrected chi connectivity index (χ4v) is 5.73. The van der Waals surface area contributed by atoms with E-state index in [0.717, 1.165) is 22.3 Å². The van der Waals surface area contributed by atoms with Crippen molar-refractivity contribution in [2.24, 2.45) is 0 Å². The van der Waals surface area contributed by atoms with Crippen molar-refractivity contribution >= 4 is 64.6 Å². The van der Waals surface area contributed by atoms with E-state index < -0.39 is 0 Å². The molecule has 33 heavy (non-hydrogen) atoms. The molecule has 0 aliphatic rings. The predicted molar refractivity (Wildman–Crippen MR) is 140 cm³/mol. The van der Waals surface area contributed by atoms with E-state index in [9.17, 15) is 0 Å². The van der Waals surface area contributed by atoms with Gasteiger partial charge >= 0.3 is 0 Å². The lowest BCUT2D eigenvalue weighted by Crippen LogP contribution is -1.92. The van der Waals surface area contributed by atoms with Crippen molar-refractivity contribution in [2.45, 2.75) is 0 Å². The monoisotopic (exact) mass is 418 g/mol. The molecule has 8 rings (SSSR count). The number of rotatable bonds is 2. The molecule has 0 aliphatic carbocycles. The van der Waals surface area contributed by atoms with Gasteiger partial charge in [-0.2, -0.15) is 0 Å². The van der Waals surface area contributed by atoms with Gasteiger partial charge in [0.1, 0.15) is 11.5 Å². The summed E-state index contributed by atoms with van der Waals surface area (Å²) in [6.45, 7) is 0. The fraction of sp³-hybridized carbons (Fsp3) is 0. The first-order chi connectivity index (χ1) is 16.3. The number of hydrogen-bond donors (Lipinski definition) is 0. The lowest BCUT2D eigenvalue weighted by molar-refractivity contribution is 0.495. The third kappa shape index (κ3) is 2.26. The van der Waals surface area contributed by atoms with Crippen LogP contribution in [0.25, 0.3) is 64.6 Å². The van der Waals surface area contributed by atoms with Crippen LogP contribution >= 0.6 is 0 Å². The minimum absolute atomic E-state index is 0.899. The summed E-state index contributed by atoms with van der Waals surface area (Å²) >= 11 is 0. The molecular weight excluding hydrogens is 400 g/mol. The molecule has 0 aromatic heterocycles. The van der Waals surface area contributed by atoms with Crippen LogP contribution in [0.1, 0.15) is 0 Å². The van der Waals surface area contributed by atoms with Crippen molar-refractivity contribution in [3.63, 3.8) is 0 Å². The molecule has 0 fully saturated rings. The Morgan fingerprint density at radius 1 is 0.333 bits per heavy atom. The van der Waals surface area contributed by atoms with E-state index in [1.807, 2.05) is 0 Å². The smallest absolute Gasteiger partial charge is 0.135 e. The summed E-state index contributed by atoms with van der Waals surface area (Å²) in [5.41, 5.74) is 0. The molecule has 0 bridgehead atoms. The van der Waals surface area contributed by atoms with E-state index in [-0.39, 0.29) is 0 Å². The lowest BCUT2D eigenvalue weighted by atomic mass is 9.93. The summed E-state index contributed by atoms with van der Waals surface area (Å²) in [6.07, 6.45) is 0. The highest BCUT2D eigenvalue weighted by Gasteiger charge is 2.16. The Hall–Kier alpha value is -4.36. The summed E-state index contributed by atoms with van der Waals surface area (Å²) < 4.78 is 6.75. The largest absolute Gasteiger partial charge is 0.456 e. The summed E-state index contributed by atoms with van der Waals surface area (Å²) in [4.78, 5) is 0. The van der Waals surface area contributed by atoms with Crippen LogP contribution in [0.3, 0.4) is 0 Å². The van der Waals surface area contributed by atoms with Gasteiger partial charge in [0.25, 0.3) is 0 Å². The highest BCUT2D eigenvalue weighted by molar-refractivity contribution is 6.26. The van der Waals surface area contributed by atoms with Crippen molar-refractivity contribution < 1.29 is 4.74 Å². The lowest BCUT2D eigenvalue weighted by Gasteiger charge is -2.17. The first-order valence-electron chi connectivity index (χ1n) is 11.4. The van der Waals surface area contributed by atoms with Crippen LogP contribution in [0.4, 0.5) is 0 Å². The average Bonchev–Trinajstić information content (AvgIpc) is 2.87. The van der Waals surface area contributed by atoms with Gasteiger partial charge in [0.15, 0.2) is 0 Å². The maximum absolute atomic E-state index is 6.75. The summed E-state index contributed by atoms with van der Waals surface area (Å²) in [7, 11) is 0. The molecular formula is C32H18O. The molecule has 8 aromatic carbocycles. The Kier molecular flexibility index (Phi) is 3.19. The van der Waals surface area contributed by atoms with Crippen LogP contribution in [0.5, 0.6) is 11.5 Å². The van der Waals surface area contributed by atoms with Gasteiger partial charge in [0.2, 0.25) is 0 Å². The third-order valence-corrected chi connectivity index (χ3v) is 7.18. The van der Waals surface area contributed by atoms with Gasteiger partial charge in [0.05, 0.1) is 0 Å². The van der Waals surface area contributed by atoms with Gasteiger partial charge in [0, 0.05) is 21.5 Å². The quantitative estimate of drug-likeness (QED) is 0.254. The standard InChI is InChI=1S/C32H18O/c1-4-19-11-13-23-15-17-27(26-16-14-21(5-1)29(19)32(23)26)33-28-18-24-8-2-6-20-10-12-22-7-3-9-25(28)31(22)30(20)24/h1-18H. The van der Waals surface area contributed by atoms with Crippen LogP contribution < -0.4 is 4.74 Å². The maximum atomic E-state index is 6.75. The van der Waals surface area contributed by atoms with Crippen molar-refractivity contribution in [1.29, 1.82) is 0 Å². The highest BCUT2D eigenvalue weighted by atomic mass is 16.5. The molecule has 1 heteroatoms. The van der Waals surface area contributed by atoms with E-state index in [4.69, 9.17) is 4.74 Å². The SMILES string of the molecule is c1cc2ccc3ccc(Oc4cc5cccc6ccc7cccc4c7c65)c4ccc(c1)c2c34. The molecule has 8 aromatic rings. The number of ether oxygens (including phenoxy) is 1. The van der Waals surface area contributed by atoms with Gasteiger partial charge in [-0.3, -0.25) is 0 Å². The minimum Gasteiger partial charge on any atom is -0.456 e. The molecule has 152 valence electrons. The zero-order chi connectivity index (χ0) is 21.5. The topological polar surface area (TPSA) is 9.23 Å². The summed E-state index contributed by atoms with van der Waals surface area (Å²) in [5.74, 6) is 1.80. The van der Waals surface area contributed by atoms with E-state index in [1.165, 1.54) is 53.9 Å². The Labute approximate surface area is 190 Å². The first-order valence-corrected chi connectivity index (χ1v) is 11.4. The Bertz CT molecular complexity index is 1980. The van der Waals surface area contributed by atoms with Crippen molar-refractivity contribution in [1.82, 2.24) is 0 Å². The second-order valence-corrected chi connectivity index (χ2v) is 8.94. The Morgan fingerprint density at radius 3 is 1.48 bits per heavy atom. The Balaban J connectivity index is 1.44. The molecule has 1 nitrogen and oxygen atoms in total. The highest BCUT2D eigenvalue weighted by Crippen LogP contribution is 2.44. The number of benzene rings is 8. The molecule has 0 heterocycles. The van der Waals surface area contributed by atoms with E-state index in [0.29, 0.717) is 0 Å². The van der Waals surface area contributed by atoms with Gasteiger partial charge < -0.3 is 4.74 Å². The third-order valence-electron chi connectivity index (χ3n) is 7.18. The van der Waals surface area contributed by atoms with Crippen LogP contribution in [-0.2, 0) is 0 Å². The van der Waals surface area contributed by atoms with E-state index in [1.54, 1.807) is 0 Å². The molecule has 0 unspecified atom stereocenters. The molecule has 0 spiro atoms. The van der Waals surface area contributed by atoms with Gasteiger partial charge in [-0.15, -0.1) is 0 Å².